The van der Waals surface area contributed by atoms with E-state index in [2.05, 4.69) is 0 Å². The van der Waals surface area contributed by atoms with E-state index in [0.717, 1.165) is 44.1 Å². The lowest BCUT2D eigenvalue weighted by atomic mass is 10.1. The van der Waals surface area contributed by atoms with Crippen LogP contribution in [0.5, 0.6) is 0 Å². The van der Waals surface area contributed by atoms with Gasteiger partial charge in [0.25, 0.3) is 5.56 Å². The SMILES string of the molecule is O=c1c2ccccc2n2c3ccccc3nc2n1-c1ccc2oc3nc(-c4ccccc4)nc(-c4ccccc4)c3c2c1. The molecule has 0 saturated carbocycles. The maximum absolute atomic E-state index is 14.1. The Hall–Kier alpha value is -6.08. The second-order valence-corrected chi connectivity index (χ2v) is 10.5. The topological polar surface area (TPSA) is 78.2 Å². The van der Waals surface area contributed by atoms with Crippen molar-refractivity contribution in [2.75, 3.05) is 0 Å². The van der Waals surface area contributed by atoms with Gasteiger partial charge in [-0.15, -0.1) is 0 Å². The van der Waals surface area contributed by atoms with Gasteiger partial charge in [0, 0.05) is 16.5 Å². The average Bonchev–Trinajstić information content (AvgIpc) is 3.64. The van der Waals surface area contributed by atoms with Gasteiger partial charge < -0.3 is 4.42 Å². The van der Waals surface area contributed by atoms with Gasteiger partial charge in [-0.1, -0.05) is 84.9 Å². The molecule has 7 heteroatoms. The third-order valence-electron chi connectivity index (χ3n) is 7.97. The number of para-hydroxylation sites is 3. The van der Waals surface area contributed by atoms with E-state index in [-0.39, 0.29) is 5.56 Å². The molecule has 5 aromatic carbocycles. The Morgan fingerprint density at radius 2 is 1.30 bits per heavy atom. The number of nitrogens with zero attached hydrogens (tertiary/aromatic N) is 5. The van der Waals surface area contributed by atoms with Gasteiger partial charge in [0.2, 0.25) is 11.5 Å². The molecule has 0 radical (unpaired) electrons. The number of fused-ring (bicyclic) bond motifs is 8. The van der Waals surface area contributed by atoms with E-state index in [1.165, 1.54) is 0 Å². The molecule has 9 aromatic rings. The number of hydrogen-bond donors (Lipinski definition) is 0. The third-order valence-corrected chi connectivity index (χ3v) is 7.97. The van der Waals surface area contributed by atoms with Crippen molar-refractivity contribution in [3.05, 3.63) is 138 Å². The van der Waals surface area contributed by atoms with Crippen LogP contribution in [0.25, 0.3) is 78.1 Å². The van der Waals surface area contributed by atoms with Gasteiger partial charge in [0.05, 0.1) is 38.7 Å². The number of benzene rings is 5. The van der Waals surface area contributed by atoms with E-state index >= 15 is 0 Å². The van der Waals surface area contributed by atoms with Crippen molar-refractivity contribution < 1.29 is 4.42 Å². The lowest BCUT2D eigenvalue weighted by Gasteiger charge is -2.11. The highest BCUT2D eigenvalue weighted by Crippen LogP contribution is 2.37. The minimum Gasteiger partial charge on any atom is -0.438 e. The lowest BCUT2D eigenvalue weighted by Crippen LogP contribution is -2.21. The van der Waals surface area contributed by atoms with Gasteiger partial charge in [0.15, 0.2) is 5.82 Å². The molecule has 0 amide bonds. The molecular weight excluding hydrogens is 534 g/mol. The quantitative estimate of drug-likeness (QED) is 0.222. The zero-order valence-electron chi connectivity index (χ0n) is 22.7. The standard InChI is InChI=1S/C36H21N5O2/c42-35-25-15-7-9-17-28(25)41-29-18-10-8-16-27(29)37-36(41)40(35)24-19-20-30-26(21-24)31-32(22-11-3-1-4-12-22)38-33(39-34(31)43-30)23-13-5-2-6-14-23/h1-21H. The highest BCUT2D eigenvalue weighted by Gasteiger charge is 2.21. The smallest absolute Gasteiger partial charge is 0.267 e. The summed E-state index contributed by atoms with van der Waals surface area (Å²) in [5.74, 6) is 1.13. The number of imidazole rings is 1. The fraction of sp³-hybridized carbons (Fsp3) is 0. The fourth-order valence-corrected chi connectivity index (χ4v) is 6.02. The van der Waals surface area contributed by atoms with Crippen LogP contribution in [0.2, 0.25) is 0 Å². The second kappa shape index (κ2) is 8.96. The van der Waals surface area contributed by atoms with E-state index in [4.69, 9.17) is 19.4 Å². The maximum Gasteiger partial charge on any atom is 0.267 e. The van der Waals surface area contributed by atoms with Crippen LogP contribution in [0.1, 0.15) is 0 Å². The van der Waals surface area contributed by atoms with E-state index in [1.807, 2.05) is 132 Å². The van der Waals surface area contributed by atoms with Crippen molar-refractivity contribution in [1.29, 1.82) is 0 Å². The summed E-state index contributed by atoms with van der Waals surface area (Å²) in [6.45, 7) is 0. The molecule has 0 aliphatic heterocycles. The molecule has 4 heterocycles. The lowest BCUT2D eigenvalue weighted by molar-refractivity contribution is 0.653. The van der Waals surface area contributed by atoms with Crippen LogP contribution in [-0.4, -0.2) is 23.9 Å². The predicted molar refractivity (Wildman–Crippen MR) is 170 cm³/mol. The Bertz CT molecular complexity index is 2580. The summed E-state index contributed by atoms with van der Waals surface area (Å²) < 4.78 is 10.1. The molecule has 0 unspecified atom stereocenters. The molecule has 0 aliphatic rings. The first-order valence-electron chi connectivity index (χ1n) is 14.0. The van der Waals surface area contributed by atoms with Crippen molar-refractivity contribution in [3.8, 4) is 28.3 Å². The molecule has 0 bridgehead atoms. The normalized spacial score (nSPS) is 11.8. The highest BCUT2D eigenvalue weighted by molar-refractivity contribution is 6.11. The minimum absolute atomic E-state index is 0.142. The number of rotatable bonds is 3. The van der Waals surface area contributed by atoms with Gasteiger partial charge in [-0.2, -0.15) is 4.98 Å². The van der Waals surface area contributed by atoms with Crippen LogP contribution < -0.4 is 5.56 Å². The van der Waals surface area contributed by atoms with Crippen LogP contribution in [0.4, 0.5) is 0 Å². The largest absolute Gasteiger partial charge is 0.438 e. The number of furan rings is 1. The minimum atomic E-state index is -0.142. The molecular formula is C36H21N5O2. The third kappa shape index (κ3) is 3.48. The van der Waals surface area contributed by atoms with Gasteiger partial charge in [-0.3, -0.25) is 9.20 Å². The van der Waals surface area contributed by atoms with Crippen LogP contribution in [0, 0.1) is 0 Å². The molecule has 0 spiro atoms. The average molecular weight is 556 g/mol. The molecule has 0 aliphatic carbocycles. The maximum atomic E-state index is 14.1. The Morgan fingerprint density at radius 3 is 2.12 bits per heavy atom. The number of hydrogen-bond acceptors (Lipinski definition) is 5. The van der Waals surface area contributed by atoms with E-state index in [1.54, 1.807) is 4.57 Å². The molecule has 4 aromatic heterocycles. The summed E-state index contributed by atoms with van der Waals surface area (Å²) in [5, 5.41) is 2.22. The van der Waals surface area contributed by atoms with Crippen molar-refractivity contribution in [2.24, 2.45) is 0 Å². The molecule has 0 saturated heterocycles. The first-order chi connectivity index (χ1) is 21.2. The Morgan fingerprint density at radius 1 is 0.605 bits per heavy atom. The zero-order valence-corrected chi connectivity index (χ0v) is 22.7. The van der Waals surface area contributed by atoms with Crippen molar-refractivity contribution in [1.82, 2.24) is 23.9 Å². The molecule has 9 rings (SSSR count). The molecule has 0 N–H and O–H groups in total. The van der Waals surface area contributed by atoms with Gasteiger partial charge in [-0.25, -0.2) is 14.5 Å². The summed E-state index contributed by atoms with van der Waals surface area (Å²) in [6.07, 6.45) is 0. The molecule has 0 atom stereocenters. The van der Waals surface area contributed by atoms with Gasteiger partial charge in [0.1, 0.15) is 5.58 Å². The van der Waals surface area contributed by atoms with Crippen LogP contribution in [0.15, 0.2) is 137 Å². The summed E-state index contributed by atoms with van der Waals surface area (Å²) in [6, 6.07) is 41.3. The van der Waals surface area contributed by atoms with Crippen molar-refractivity contribution in [2.45, 2.75) is 0 Å². The molecule has 202 valence electrons. The first-order valence-corrected chi connectivity index (χ1v) is 14.0. The fourth-order valence-electron chi connectivity index (χ4n) is 6.02. The van der Waals surface area contributed by atoms with E-state index < -0.39 is 0 Å². The predicted octanol–water partition coefficient (Wildman–Crippen LogP) is 7.82. The molecule has 0 fully saturated rings. The number of aromatic nitrogens is 5. The van der Waals surface area contributed by atoms with E-state index in [0.29, 0.717) is 34.0 Å². The molecule has 7 nitrogen and oxygen atoms in total. The van der Waals surface area contributed by atoms with Crippen LogP contribution in [0.3, 0.4) is 0 Å². The zero-order chi connectivity index (χ0) is 28.5. The summed E-state index contributed by atoms with van der Waals surface area (Å²) >= 11 is 0. The monoisotopic (exact) mass is 555 g/mol. The van der Waals surface area contributed by atoms with Crippen molar-refractivity contribution >= 4 is 49.8 Å². The van der Waals surface area contributed by atoms with Crippen LogP contribution in [-0.2, 0) is 0 Å². The van der Waals surface area contributed by atoms with Crippen LogP contribution >= 0.6 is 0 Å². The Labute approximate surface area is 243 Å². The summed E-state index contributed by atoms with van der Waals surface area (Å²) in [4.78, 5) is 28.9. The second-order valence-electron chi connectivity index (χ2n) is 10.5. The van der Waals surface area contributed by atoms with Gasteiger partial charge >= 0.3 is 0 Å². The van der Waals surface area contributed by atoms with Crippen molar-refractivity contribution in [3.63, 3.8) is 0 Å². The Balaban J connectivity index is 1.38. The molecule has 43 heavy (non-hydrogen) atoms. The highest BCUT2D eigenvalue weighted by atomic mass is 16.3. The van der Waals surface area contributed by atoms with Gasteiger partial charge in [-0.05, 0) is 42.5 Å². The van der Waals surface area contributed by atoms with E-state index in [9.17, 15) is 4.79 Å². The summed E-state index contributed by atoms with van der Waals surface area (Å²) in [7, 11) is 0. The first kappa shape index (κ1) is 23.6. The Kier molecular flexibility index (Phi) is 4.92. The summed E-state index contributed by atoms with van der Waals surface area (Å²) in [5.41, 5.74) is 6.87.